The third-order valence-electron chi connectivity index (χ3n) is 8.55. The molecular formula is C35H47Cl2N5O4. The lowest BCUT2D eigenvalue weighted by atomic mass is 9.76. The van der Waals surface area contributed by atoms with Crippen molar-refractivity contribution in [3.63, 3.8) is 0 Å². The molecule has 3 aromatic rings. The maximum absolute atomic E-state index is 13.4. The number of nitrogens with one attached hydrogen (secondary N) is 2. The number of benzene rings is 2. The number of ether oxygens (including phenoxy) is 1. The second kappa shape index (κ2) is 15.0. The lowest BCUT2D eigenvalue weighted by Crippen LogP contribution is -2.39. The highest BCUT2D eigenvalue weighted by atomic mass is 35.5. The fourth-order valence-electron chi connectivity index (χ4n) is 4.69. The van der Waals surface area contributed by atoms with Crippen LogP contribution in [0.15, 0.2) is 42.7 Å². The van der Waals surface area contributed by atoms with Crippen molar-refractivity contribution < 1.29 is 19.1 Å². The van der Waals surface area contributed by atoms with Crippen LogP contribution in [0.3, 0.4) is 0 Å². The zero-order chi connectivity index (χ0) is 34.4. The quantitative estimate of drug-likeness (QED) is 0.131. The van der Waals surface area contributed by atoms with Gasteiger partial charge >= 0.3 is 0 Å². The second-order valence-corrected chi connectivity index (χ2v) is 14.6. The van der Waals surface area contributed by atoms with E-state index in [1.807, 2.05) is 0 Å². The number of rotatable bonds is 14. The van der Waals surface area contributed by atoms with Crippen LogP contribution in [0.4, 0.5) is 11.4 Å². The van der Waals surface area contributed by atoms with Crippen LogP contribution in [0.2, 0.25) is 10.3 Å². The molecule has 2 amide bonds. The standard InChI is InChI=1S/C35H47Cl2N5O4/c1-10-34(6,7)22-14-17-27(24(19-22)35(8,9)11-2)46-18-12-13-28(43)39-23-15-16-25(36)26(20-23)40-31(45)29(30(44)33(3,4)5)42-21-38-32(37)41-42/h14-17,19-21,29H,10-13,18H2,1-9H3,(H,39,43)(H,40,45). The van der Waals surface area contributed by atoms with E-state index < -0.39 is 17.4 Å². The van der Waals surface area contributed by atoms with Gasteiger partial charge in [0, 0.05) is 23.1 Å². The highest BCUT2D eigenvalue weighted by Crippen LogP contribution is 2.38. The van der Waals surface area contributed by atoms with Crippen LogP contribution in [-0.2, 0) is 25.2 Å². The highest BCUT2D eigenvalue weighted by Gasteiger charge is 2.37. The second-order valence-electron chi connectivity index (χ2n) is 13.9. The van der Waals surface area contributed by atoms with Gasteiger partial charge in [-0.3, -0.25) is 14.4 Å². The fourth-order valence-corrected chi connectivity index (χ4v) is 4.98. The first-order chi connectivity index (χ1) is 21.4. The first kappa shape index (κ1) is 37.0. The summed E-state index contributed by atoms with van der Waals surface area (Å²) in [5.74, 6) is -0.422. The molecule has 0 spiro atoms. The number of amides is 2. The largest absolute Gasteiger partial charge is 0.493 e. The zero-order valence-corrected chi connectivity index (χ0v) is 29.9. The monoisotopic (exact) mass is 671 g/mol. The average Bonchev–Trinajstić information content (AvgIpc) is 3.41. The van der Waals surface area contributed by atoms with E-state index in [-0.39, 0.29) is 44.9 Å². The summed E-state index contributed by atoms with van der Waals surface area (Å²) in [6, 6.07) is 9.88. The molecule has 0 aliphatic carbocycles. The molecule has 11 heteroatoms. The number of carbonyl (C=O) groups excluding carboxylic acids is 3. The lowest BCUT2D eigenvalue weighted by molar-refractivity contribution is -0.136. The summed E-state index contributed by atoms with van der Waals surface area (Å²) < 4.78 is 7.34. The van der Waals surface area contributed by atoms with Crippen LogP contribution in [0.1, 0.15) is 105 Å². The Bertz CT molecular complexity index is 1560. The molecule has 0 fully saturated rings. The molecule has 2 aromatic carbocycles. The van der Waals surface area contributed by atoms with Crippen LogP contribution in [0, 0.1) is 5.41 Å². The molecule has 0 radical (unpaired) electrons. The van der Waals surface area contributed by atoms with Gasteiger partial charge in [-0.15, -0.1) is 5.10 Å². The Hall–Kier alpha value is -3.43. The Balaban J connectivity index is 1.65. The topological polar surface area (TPSA) is 115 Å². The first-order valence-electron chi connectivity index (χ1n) is 15.7. The maximum atomic E-state index is 13.4. The van der Waals surface area contributed by atoms with Gasteiger partial charge in [0.15, 0.2) is 11.8 Å². The number of aromatic nitrogens is 3. The molecular weight excluding hydrogens is 625 g/mol. The van der Waals surface area contributed by atoms with Crippen molar-refractivity contribution in [3.05, 3.63) is 64.2 Å². The zero-order valence-electron chi connectivity index (χ0n) is 28.4. The Morgan fingerprint density at radius 1 is 0.913 bits per heavy atom. The molecule has 9 nitrogen and oxygen atoms in total. The van der Waals surface area contributed by atoms with Gasteiger partial charge in [0.05, 0.1) is 17.3 Å². The number of anilines is 2. The molecule has 0 saturated heterocycles. The van der Waals surface area contributed by atoms with E-state index in [0.29, 0.717) is 18.7 Å². The number of hydrogen-bond donors (Lipinski definition) is 2. The van der Waals surface area contributed by atoms with Gasteiger partial charge in [-0.2, -0.15) is 0 Å². The van der Waals surface area contributed by atoms with Gasteiger partial charge in [-0.05, 0) is 71.5 Å². The summed E-state index contributed by atoms with van der Waals surface area (Å²) in [6.45, 7) is 18.8. The summed E-state index contributed by atoms with van der Waals surface area (Å²) >= 11 is 12.2. The molecule has 0 aliphatic rings. The van der Waals surface area contributed by atoms with Gasteiger partial charge in [-0.1, -0.05) is 86.0 Å². The fraction of sp³-hybridized carbons (Fsp3) is 0.514. The molecule has 0 saturated carbocycles. The third-order valence-corrected chi connectivity index (χ3v) is 9.06. The normalized spacial score (nSPS) is 12.8. The Labute approximate surface area is 282 Å². The lowest BCUT2D eigenvalue weighted by Gasteiger charge is -2.30. The van der Waals surface area contributed by atoms with E-state index in [2.05, 4.69) is 80.5 Å². The Kier molecular flexibility index (Phi) is 12.1. The SMILES string of the molecule is CCC(C)(C)c1ccc(OCCCC(=O)Nc2ccc(Cl)c(NC(=O)C(C(=O)C(C)(C)C)n3cnc(Cl)n3)c2)c(C(C)(C)CC)c1. The molecule has 1 atom stereocenters. The van der Waals surface area contributed by atoms with Crippen molar-refractivity contribution in [2.45, 2.75) is 105 Å². The van der Waals surface area contributed by atoms with E-state index in [9.17, 15) is 14.4 Å². The van der Waals surface area contributed by atoms with Gasteiger partial charge in [-0.25, -0.2) is 9.67 Å². The van der Waals surface area contributed by atoms with Crippen LogP contribution in [0.25, 0.3) is 0 Å². The number of halogens is 2. The third kappa shape index (κ3) is 9.32. The predicted octanol–water partition coefficient (Wildman–Crippen LogP) is 8.55. The minimum absolute atomic E-state index is 0.0589. The van der Waals surface area contributed by atoms with E-state index in [1.165, 1.54) is 17.5 Å². The van der Waals surface area contributed by atoms with Gasteiger partial charge < -0.3 is 15.4 Å². The predicted molar refractivity (Wildman–Crippen MR) is 185 cm³/mol. The van der Waals surface area contributed by atoms with E-state index in [0.717, 1.165) is 23.3 Å². The summed E-state index contributed by atoms with van der Waals surface area (Å²) in [5.41, 5.74) is 2.28. The Morgan fingerprint density at radius 2 is 1.59 bits per heavy atom. The summed E-state index contributed by atoms with van der Waals surface area (Å²) in [7, 11) is 0. The van der Waals surface area contributed by atoms with Crippen molar-refractivity contribution >= 4 is 52.2 Å². The van der Waals surface area contributed by atoms with Crippen molar-refractivity contribution in [1.29, 1.82) is 0 Å². The van der Waals surface area contributed by atoms with Crippen molar-refractivity contribution in [3.8, 4) is 5.75 Å². The van der Waals surface area contributed by atoms with Gasteiger partial charge in [0.2, 0.25) is 11.2 Å². The number of nitrogens with zero attached hydrogens (tertiary/aromatic N) is 3. The molecule has 250 valence electrons. The van der Waals surface area contributed by atoms with E-state index in [1.54, 1.807) is 39.0 Å². The average molecular weight is 673 g/mol. The first-order valence-corrected chi connectivity index (χ1v) is 16.4. The summed E-state index contributed by atoms with van der Waals surface area (Å²) in [5, 5.41) is 9.66. The van der Waals surface area contributed by atoms with Gasteiger partial charge in [0.1, 0.15) is 12.1 Å². The molecule has 1 aromatic heterocycles. The van der Waals surface area contributed by atoms with Gasteiger partial charge in [0.25, 0.3) is 5.91 Å². The molecule has 0 bridgehead atoms. The molecule has 3 rings (SSSR count). The molecule has 2 N–H and O–H groups in total. The number of hydrogen-bond acceptors (Lipinski definition) is 6. The van der Waals surface area contributed by atoms with Crippen LogP contribution in [-0.4, -0.2) is 39.0 Å². The highest BCUT2D eigenvalue weighted by molar-refractivity contribution is 6.34. The van der Waals surface area contributed by atoms with E-state index >= 15 is 0 Å². The molecule has 1 unspecified atom stereocenters. The van der Waals surface area contributed by atoms with Crippen LogP contribution >= 0.6 is 23.2 Å². The van der Waals surface area contributed by atoms with Crippen LogP contribution < -0.4 is 15.4 Å². The maximum Gasteiger partial charge on any atom is 0.257 e. The molecule has 0 aliphatic heterocycles. The minimum Gasteiger partial charge on any atom is -0.493 e. The number of ketones is 1. The number of carbonyl (C=O) groups is 3. The van der Waals surface area contributed by atoms with Crippen molar-refractivity contribution in [2.24, 2.45) is 5.41 Å². The number of Topliss-reactive ketones (excluding diaryl/α,β-unsaturated/α-hetero) is 1. The minimum atomic E-state index is -1.33. The van der Waals surface area contributed by atoms with Crippen molar-refractivity contribution in [1.82, 2.24) is 14.8 Å². The Morgan fingerprint density at radius 3 is 2.17 bits per heavy atom. The summed E-state index contributed by atoms with van der Waals surface area (Å²) in [4.78, 5) is 43.2. The smallest absolute Gasteiger partial charge is 0.257 e. The van der Waals surface area contributed by atoms with E-state index in [4.69, 9.17) is 27.9 Å². The summed E-state index contributed by atoms with van der Waals surface area (Å²) in [6.07, 6.45) is 3.96. The van der Waals surface area contributed by atoms with Crippen LogP contribution in [0.5, 0.6) is 5.75 Å². The van der Waals surface area contributed by atoms with Crippen molar-refractivity contribution in [2.75, 3.05) is 17.2 Å². The molecule has 1 heterocycles. The molecule has 46 heavy (non-hydrogen) atoms.